The van der Waals surface area contributed by atoms with Crippen LogP contribution in [0.3, 0.4) is 0 Å². The summed E-state index contributed by atoms with van der Waals surface area (Å²) >= 11 is 0. The number of carbonyl (C=O) groups excluding carboxylic acids is 1. The van der Waals surface area contributed by atoms with Crippen LogP contribution in [0.5, 0.6) is 5.75 Å². The number of fused-ring (bicyclic) bond motifs is 1. The van der Waals surface area contributed by atoms with Crippen LogP contribution < -0.4 is 15.4 Å². The second-order valence-electron chi connectivity index (χ2n) is 5.37. The molecular weight excluding hydrogens is 316 g/mol. The fourth-order valence-electron chi connectivity index (χ4n) is 2.46. The number of halogens is 1. The van der Waals surface area contributed by atoms with Gasteiger partial charge in [0.05, 0.1) is 6.54 Å². The van der Waals surface area contributed by atoms with Crippen LogP contribution in [0.15, 0.2) is 24.3 Å². The van der Waals surface area contributed by atoms with Gasteiger partial charge in [0.2, 0.25) is 0 Å². The zero-order valence-corrected chi connectivity index (χ0v) is 13.8. The largest absolute Gasteiger partial charge is 0.492 e. The molecule has 3 rings (SSSR count). The average Bonchev–Trinajstić information content (AvgIpc) is 2.97. The van der Waals surface area contributed by atoms with Crippen molar-refractivity contribution in [3.8, 4) is 5.75 Å². The normalized spacial score (nSPS) is 12.9. The molecule has 6 nitrogen and oxygen atoms in total. The van der Waals surface area contributed by atoms with E-state index in [1.165, 1.54) is 5.56 Å². The Morgan fingerprint density at radius 2 is 2.13 bits per heavy atom. The van der Waals surface area contributed by atoms with E-state index in [0.29, 0.717) is 25.4 Å². The van der Waals surface area contributed by atoms with Gasteiger partial charge < -0.3 is 15.4 Å². The Morgan fingerprint density at radius 3 is 2.91 bits per heavy atom. The van der Waals surface area contributed by atoms with Crippen molar-refractivity contribution in [2.24, 2.45) is 0 Å². The number of rotatable bonds is 5. The van der Waals surface area contributed by atoms with Crippen molar-refractivity contribution < 1.29 is 9.53 Å². The number of ether oxygens (including phenoxy) is 1. The lowest BCUT2D eigenvalue weighted by molar-refractivity contribution is 0.0941. The van der Waals surface area contributed by atoms with Crippen LogP contribution in [-0.2, 0) is 13.0 Å². The summed E-state index contributed by atoms with van der Waals surface area (Å²) in [5.41, 5.74) is 3.71. The summed E-state index contributed by atoms with van der Waals surface area (Å²) in [6.45, 7) is 4.51. The van der Waals surface area contributed by atoms with E-state index in [1.54, 1.807) is 0 Å². The second kappa shape index (κ2) is 7.99. The highest BCUT2D eigenvalue weighted by molar-refractivity contribution is 5.94. The van der Waals surface area contributed by atoms with Gasteiger partial charge in [-0.25, -0.2) is 0 Å². The molecular formula is C16H21ClN4O2. The van der Waals surface area contributed by atoms with Gasteiger partial charge in [-0.15, -0.1) is 12.4 Å². The minimum atomic E-state index is -0.159. The Bertz CT molecular complexity index is 655. The number of hydrogen-bond acceptors (Lipinski definition) is 4. The van der Waals surface area contributed by atoms with E-state index in [-0.39, 0.29) is 18.3 Å². The Morgan fingerprint density at radius 1 is 1.35 bits per heavy atom. The molecule has 1 amide bonds. The molecule has 0 unspecified atom stereocenters. The molecule has 0 aliphatic carbocycles. The highest BCUT2D eigenvalue weighted by Gasteiger charge is 2.21. The molecule has 1 aromatic carbocycles. The molecule has 0 bridgehead atoms. The monoisotopic (exact) mass is 336 g/mol. The summed E-state index contributed by atoms with van der Waals surface area (Å²) in [4.78, 5) is 12.2. The maximum absolute atomic E-state index is 12.2. The van der Waals surface area contributed by atoms with Crippen molar-refractivity contribution in [3.05, 3.63) is 46.8 Å². The predicted octanol–water partition coefficient (Wildman–Crippen LogP) is 1.59. The summed E-state index contributed by atoms with van der Waals surface area (Å²) in [6, 6.07) is 7.84. The Balaban J connectivity index is 0.00000192. The Kier molecular flexibility index (Phi) is 6.01. The topological polar surface area (TPSA) is 79.0 Å². The molecule has 1 aromatic heterocycles. The van der Waals surface area contributed by atoms with E-state index < -0.39 is 0 Å². The fourth-order valence-corrected chi connectivity index (χ4v) is 2.46. The fraction of sp³-hybridized carbons (Fsp3) is 0.375. The third-order valence-electron chi connectivity index (χ3n) is 3.70. The smallest absolute Gasteiger partial charge is 0.272 e. The van der Waals surface area contributed by atoms with Gasteiger partial charge in [0.25, 0.3) is 5.91 Å². The van der Waals surface area contributed by atoms with Gasteiger partial charge >= 0.3 is 0 Å². The molecule has 0 saturated heterocycles. The van der Waals surface area contributed by atoms with Crippen LogP contribution in [0.2, 0.25) is 0 Å². The average molecular weight is 337 g/mol. The number of aromatic nitrogens is 2. The summed E-state index contributed by atoms with van der Waals surface area (Å²) < 4.78 is 5.59. The van der Waals surface area contributed by atoms with Crippen LogP contribution in [0.1, 0.15) is 27.3 Å². The van der Waals surface area contributed by atoms with Gasteiger partial charge in [0.1, 0.15) is 12.4 Å². The second-order valence-corrected chi connectivity index (χ2v) is 5.37. The number of aromatic amines is 1. The molecule has 0 saturated carbocycles. The molecule has 7 heteroatoms. The first kappa shape index (κ1) is 17.3. The first-order valence-electron chi connectivity index (χ1n) is 7.48. The number of nitrogens with zero attached hydrogens (tertiary/aromatic N) is 1. The number of H-pyrrole nitrogens is 1. The zero-order chi connectivity index (χ0) is 15.4. The molecule has 0 atom stereocenters. The van der Waals surface area contributed by atoms with Crippen molar-refractivity contribution in [1.82, 2.24) is 20.8 Å². The van der Waals surface area contributed by atoms with E-state index in [2.05, 4.69) is 20.8 Å². The van der Waals surface area contributed by atoms with Crippen LogP contribution >= 0.6 is 12.4 Å². The molecule has 3 N–H and O–H groups in total. The van der Waals surface area contributed by atoms with Gasteiger partial charge in [0, 0.05) is 30.8 Å². The lowest BCUT2D eigenvalue weighted by atomic mass is 10.1. The molecule has 0 radical (unpaired) electrons. The van der Waals surface area contributed by atoms with E-state index in [4.69, 9.17) is 4.74 Å². The maximum atomic E-state index is 12.2. The quantitative estimate of drug-likeness (QED) is 0.725. The predicted molar refractivity (Wildman–Crippen MR) is 90.3 cm³/mol. The molecule has 0 fully saturated rings. The van der Waals surface area contributed by atoms with Crippen molar-refractivity contribution in [1.29, 1.82) is 0 Å². The van der Waals surface area contributed by atoms with Crippen LogP contribution in [0, 0.1) is 6.92 Å². The highest BCUT2D eigenvalue weighted by atomic mass is 35.5. The molecule has 2 heterocycles. The number of aryl methyl sites for hydroxylation is 1. The zero-order valence-electron chi connectivity index (χ0n) is 13.0. The molecule has 1 aliphatic heterocycles. The summed E-state index contributed by atoms with van der Waals surface area (Å²) in [5.74, 6) is 0.648. The number of nitrogens with one attached hydrogen (secondary N) is 3. The minimum absolute atomic E-state index is 0. The summed E-state index contributed by atoms with van der Waals surface area (Å²) in [7, 11) is 0. The lowest BCUT2D eigenvalue weighted by Crippen LogP contribution is -2.31. The minimum Gasteiger partial charge on any atom is -0.492 e. The van der Waals surface area contributed by atoms with Crippen LogP contribution in [0.25, 0.3) is 0 Å². The first-order valence-corrected chi connectivity index (χ1v) is 7.48. The van der Waals surface area contributed by atoms with Crippen molar-refractivity contribution in [3.63, 3.8) is 0 Å². The van der Waals surface area contributed by atoms with Crippen LogP contribution in [0.4, 0.5) is 0 Å². The number of carbonyl (C=O) groups is 1. The van der Waals surface area contributed by atoms with E-state index in [1.807, 2.05) is 31.2 Å². The van der Waals surface area contributed by atoms with Gasteiger partial charge in [-0.1, -0.05) is 17.7 Å². The summed E-state index contributed by atoms with van der Waals surface area (Å²) in [6.07, 6.45) is 0.881. The van der Waals surface area contributed by atoms with Crippen molar-refractivity contribution in [2.45, 2.75) is 19.9 Å². The van der Waals surface area contributed by atoms with Crippen molar-refractivity contribution in [2.75, 3.05) is 19.7 Å². The number of amides is 1. The van der Waals surface area contributed by atoms with Crippen LogP contribution in [-0.4, -0.2) is 35.8 Å². The number of benzene rings is 1. The van der Waals surface area contributed by atoms with Gasteiger partial charge in [0.15, 0.2) is 5.69 Å². The third kappa shape index (κ3) is 4.24. The van der Waals surface area contributed by atoms with E-state index >= 15 is 0 Å². The summed E-state index contributed by atoms with van der Waals surface area (Å²) in [5, 5.41) is 13.2. The molecule has 23 heavy (non-hydrogen) atoms. The first-order chi connectivity index (χ1) is 10.7. The molecule has 2 aromatic rings. The lowest BCUT2D eigenvalue weighted by Gasteiger charge is -2.13. The standard InChI is InChI=1S/C16H20N4O2.ClH/c1-11-2-4-12(5-3-11)22-9-8-18-16(21)15-13-10-17-7-6-14(13)19-20-15;/h2-5,17H,6-10H2,1H3,(H,18,21)(H,19,20);1H. The molecule has 124 valence electrons. The van der Waals surface area contributed by atoms with Gasteiger partial charge in [-0.05, 0) is 19.1 Å². The molecule has 1 aliphatic rings. The third-order valence-corrected chi connectivity index (χ3v) is 3.70. The van der Waals surface area contributed by atoms with E-state index in [0.717, 1.165) is 30.0 Å². The maximum Gasteiger partial charge on any atom is 0.272 e. The molecule has 0 spiro atoms. The van der Waals surface area contributed by atoms with Gasteiger partial charge in [-0.2, -0.15) is 5.10 Å². The number of hydrogen-bond donors (Lipinski definition) is 3. The Labute approximate surface area is 141 Å². The van der Waals surface area contributed by atoms with Gasteiger partial charge in [-0.3, -0.25) is 9.89 Å². The van der Waals surface area contributed by atoms with Crippen molar-refractivity contribution >= 4 is 18.3 Å². The van der Waals surface area contributed by atoms with E-state index in [9.17, 15) is 4.79 Å². The highest BCUT2D eigenvalue weighted by Crippen LogP contribution is 2.15. The Hall–Kier alpha value is -2.05. The SMILES string of the molecule is Cc1ccc(OCCNC(=O)c2n[nH]c3c2CNCC3)cc1.Cl.